The van der Waals surface area contributed by atoms with Gasteiger partial charge in [-0.25, -0.2) is 0 Å². The van der Waals surface area contributed by atoms with Gasteiger partial charge in [-0.1, -0.05) is 24.3 Å². The van der Waals surface area contributed by atoms with Gasteiger partial charge in [-0.3, -0.25) is 9.59 Å². The van der Waals surface area contributed by atoms with E-state index >= 15 is 0 Å². The summed E-state index contributed by atoms with van der Waals surface area (Å²) in [5.41, 5.74) is 3.88. The van der Waals surface area contributed by atoms with E-state index in [1.54, 1.807) is 0 Å². The maximum Gasteiger partial charge on any atom is 0.265 e. The zero-order valence-electron chi connectivity index (χ0n) is 15.0. The fourth-order valence-corrected chi connectivity index (χ4v) is 4.76. The number of para-hydroxylation sites is 1. The van der Waals surface area contributed by atoms with E-state index in [-0.39, 0.29) is 17.9 Å². The van der Waals surface area contributed by atoms with Crippen LogP contribution in [0.5, 0.6) is 5.75 Å². The molecule has 3 aromatic rings. The lowest BCUT2D eigenvalue weighted by Gasteiger charge is -2.16. The van der Waals surface area contributed by atoms with E-state index in [1.165, 1.54) is 11.3 Å². The topological polar surface area (TPSA) is 67.4 Å². The predicted octanol–water partition coefficient (Wildman–Crippen LogP) is 4.51. The Morgan fingerprint density at radius 3 is 2.75 bits per heavy atom. The van der Waals surface area contributed by atoms with Crippen molar-refractivity contribution in [2.45, 2.75) is 25.5 Å². The number of carbonyl (C=O) groups excluding carboxylic acids is 2. The summed E-state index contributed by atoms with van der Waals surface area (Å²) >= 11 is 1.49. The van der Waals surface area contributed by atoms with Crippen molar-refractivity contribution in [3.05, 3.63) is 70.6 Å². The monoisotopic (exact) mass is 390 g/mol. The van der Waals surface area contributed by atoms with E-state index in [0.29, 0.717) is 17.9 Å². The molecule has 3 heterocycles. The Labute approximate surface area is 166 Å². The molecule has 2 aliphatic rings. The van der Waals surface area contributed by atoms with Gasteiger partial charge in [0.25, 0.3) is 5.91 Å². The minimum absolute atomic E-state index is 0.0707. The SMILES string of the molecule is O=C1CCC(c2ccc(NC(=O)c3cc4c(s3)-c3ccccc3OC4)cc2)N1. The lowest BCUT2D eigenvalue weighted by Crippen LogP contribution is -2.18. The van der Waals surface area contributed by atoms with E-state index in [9.17, 15) is 9.59 Å². The molecular formula is C22H18N2O3S. The Bertz CT molecular complexity index is 1070. The Morgan fingerprint density at radius 1 is 1.14 bits per heavy atom. The van der Waals surface area contributed by atoms with Crippen molar-refractivity contribution in [2.75, 3.05) is 5.32 Å². The molecule has 0 spiro atoms. The number of rotatable bonds is 3. The molecule has 6 heteroatoms. The molecule has 0 radical (unpaired) electrons. The van der Waals surface area contributed by atoms with Crippen LogP contribution in [0.4, 0.5) is 5.69 Å². The molecule has 1 unspecified atom stereocenters. The average Bonchev–Trinajstić information content (AvgIpc) is 3.35. The summed E-state index contributed by atoms with van der Waals surface area (Å²) in [5, 5.41) is 5.92. The van der Waals surface area contributed by atoms with Crippen LogP contribution in [0.1, 0.15) is 39.7 Å². The van der Waals surface area contributed by atoms with Gasteiger partial charge in [-0.15, -0.1) is 11.3 Å². The van der Waals surface area contributed by atoms with Gasteiger partial charge < -0.3 is 15.4 Å². The van der Waals surface area contributed by atoms with E-state index in [1.807, 2.05) is 54.6 Å². The van der Waals surface area contributed by atoms with Gasteiger partial charge in [0, 0.05) is 28.1 Å². The van der Waals surface area contributed by atoms with E-state index in [0.717, 1.165) is 39.4 Å². The van der Waals surface area contributed by atoms with Crippen molar-refractivity contribution in [1.29, 1.82) is 0 Å². The molecule has 0 bridgehead atoms. The number of anilines is 1. The second kappa shape index (κ2) is 6.80. The van der Waals surface area contributed by atoms with Crippen molar-refractivity contribution in [3.63, 3.8) is 0 Å². The Hall–Kier alpha value is -3.12. The summed E-state index contributed by atoms with van der Waals surface area (Å²) in [7, 11) is 0. The molecular weight excluding hydrogens is 372 g/mol. The summed E-state index contributed by atoms with van der Waals surface area (Å²) in [6, 6.07) is 17.5. The number of hydrogen-bond acceptors (Lipinski definition) is 4. The number of nitrogens with one attached hydrogen (secondary N) is 2. The molecule has 0 saturated carbocycles. The summed E-state index contributed by atoms with van der Waals surface area (Å²) in [6.07, 6.45) is 1.38. The van der Waals surface area contributed by atoms with Crippen molar-refractivity contribution >= 4 is 28.8 Å². The summed E-state index contributed by atoms with van der Waals surface area (Å²) in [4.78, 5) is 25.9. The third-order valence-electron chi connectivity index (χ3n) is 5.11. The zero-order chi connectivity index (χ0) is 19.1. The number of amides is 2. The fraction of sp³-hybridized carbons (Fsp3) is 0.182. The molecule has 2 aliphatic heterocycles. The quantitative estimate of drug-likeness (QED) is 0.691. The number of ether oxygens (including phenoxy) is 1. The van der Waals surface area contributed by atoms with Crippen LogP contribution in [-0.2, 0) is 11.4 Å². The van der Waals surface area contributed by atoms with Crippen LogP contribution in [0.2, 0.25) is 0 Å². The van der Waals surface area contributed by atoms with Crippen molar-refractivity contribution in [1.82, 2.24) is 5.32 Å². The van der Waals surface area contributed by atoms with Crippen LogP contribution in [0.25, 0.3) is 10.4 Å². The van der Waals surface area contributed by atoms with E-state index in [2.05, 4.69) is 10.6 Å². The first-order chi connectivity index (χ1) is 13.7. The maximum absolute atomic E-state index is 12.7. The minimum atomic E-state index is -0.126. The predicted molar refractivity (Wildman–Crippen MR) is 109 cm³/mol. The second-order valence-electron chi connectivity index (χ2n) is 6.98. The standard InChI is InChI=1S/C22H18N2O3S/c25-20-10-9-17(24-20)13-5-7-15(8-6-13)23-22(26)19-11-14-12-27-18-4-2-1-3-16(18)21(14)28-19/h1-8,11,17H,9-10,12H2,(H,23,26)(H,24,25). The summed E-state index contributed by atoms with van der Waals surface area (Å²) in [5.74, 6) is 0.826. The zero-order valence-corrected chi connectivity index (χ0v) is 15.8. The first-order valence-electron chi connectivity index (χ1n) is 9.23. The number of carbonyl (C=O) groups is 2. The van der Waals surface area contributed by atoms with Crippen LogP contribution >= 0.6 is 11.3 Å². The van der Waals surface area contributed by atoms with Crippen molar-refractivity contribution < 1.29 is 14.3 Å². The minimum Gasteiger partial charge on any atom is -0.488 e. The smallest absolute Gasteiger partial charge is 0.265 e. The molecule has 1 saturated heterocycles. The van der Waals surface area contributed by atoms with Gasteiger partial charge in [0.05, 0.1) is 10.9 Å². The van der Waals surface area contributed by atoms with Crippen LogP contribution in [-0.4, -0.2) is 11.8 Å². The highest BCUT2D eigenvalue weighted by Gasteiger charge is 2.23. The highest BCUT2D eigenvalue weighted by atomic mass is 32.1. The molecule has 2 amide bonds. The number of thiophene rings is 1. The van der Waals surface area contributed by atoms with Gasteiger partial charge in [-0.05, 0) is 42.3 Å². The molecule has 140 valence electrons. The van der Waals surface area contributed by atoms with Crippen molar-refractivity contribution in [2.24, 2.45) is 0 Å². The van der Waals surface area contributed by atoms with Crippen LogP contribution < -0.4 is 15.4 Å². The third-order valence-corrected chi connectivity index (χ3v) is 6.32. The Kier molecular flexibility index (Phi) is 4.13. The van der Waals surface area contributed by atoms with E-state index in [4.69, 9.17) is 4.74 Å². The molecule has 0 aliphatic carbocycles. The highest BCUT2D eigenvalue weighted by Crippen LogP contribution is 2.42. The Morgan fingerprint density at radius 2 is 1.96 bits per heavy atom. The molecule has 5 rings (SSSR count). The first-order valence-corrected chi connectivity index (χ1v) is 10.0. The van der Waals surface area contributed by atoms with Crippen LogP contribution in [0, 0.1) is 0 Å². The third kappa shape index (κ3) is 3.05. The molecule has 2 N–H and O–H groups in total. The van der Waals surface area contributed by atoms with Crippen molar-refractivity contribution in [3.8, 4) is 16.2 Å². The normalized spacial score (nSPS) is 17.3. The number of fused-ring (bicyclic) bond motifs is 3. The van der Waals surface area contributed by atoms with Crippen LogP contribution in [0.15, 0.2) is 54.6 Å². The molecule has 1 aromatic heterocycles. The summed E-state index contributed by atoms with van der Waals surface area (Å²) in [6.45, 7) is 0.484. The molecule has 5 nitrogen and oxygen atoms in total. The second-order valence-corrected chi connectivity index (χ2v) is 8.04. The Balaban J connectivity index is 1.33. The lowest BCUT2D eigenvalue weighted by atomic mass is 10.1. The molecule has 28 heavy (non-hydrogen) atoms. The van der Waals surface area contributed by atoms with Gasteiger partial charge in [0.1, 0.15) is 12.4 Å². The molecule has 1 atom stereocenters. The first kappa shape index (κ1) is 17.0. The van der Waals surface area contributed by atoms with Gasteiger partial charge in [0.15, 0.2) is 0 Å². The summed E-state index contributed by atoms with van der Waals surface area (Å²) < 4.78 is 5.78. The van der Waals surface area contributed by atoms with Gasteiger partial charge >= 0.3 is 0 Å². The van der Waals surface area contributed by atoms with Gasteiger partial charge in [0.2, 0.25) is 5.91 Å². The average molecular weight is 390 g/mol. The lowest BCUT2D eigenvalue weighted by molar-refractivity contribution is -0.119. The van der Waals surface area contributed by atoms with Gasteiger partial charge in [-0.2, -0.15) is 0 Å². The molecule has 2 aromatic carbocycles. The number of hydrogen-bond donors (Lipinski definition) is 2. The number of benzene rings is 2. The van der Waals surface area contributed by atoms with E-state index < -0.39 is 0 Å². The molecule has 1 fully saturated rings. The largest absolute Gasteiger partial charge is 0.488 e. The van der Waals surface area contributed by atoms with Crippen LogP contribution in [0.3, 0.4) is 0 Å². The maximum atomic E-state index is 12.7. The highest BCUT2D eigenvalue weighted by molar-refractivity contribution is 7.17. The fourth-order valence-electron chi connectivity index (χ4n) is 3.67.